The second-order valence-electron chi connectivity index (χ2n) is 5.28. The highest BCUT2D eigenvalue weighted by molar-refractivity contribution is 7.19. The second-order valence-corrected chi connectivity index (χ2v) is 6.31. The van der Waals surface area contributed by atoms with Crippen molar-refractivity contribution in [2.75, 3.05) is 0 Å². The van der Waals surface area contributed by atoms with Gasteiger partial charge in [0.1, 0.15) is 11.1 Å². The summed E-state index contributed by atoms with van der Waals surface area (Å²) in [5.74, 6) is 0. The largest absolute Gasteiger partial charge is 0.361 e. The molecular formula is C19H11N3OS. The summed E-state index contributed by atoms with van der Waals surface area (Å²) in [5.41, 5.74) is 1.98. The van der Waals surface area contributed by atoms with Gasteiger partial charge in [-0.2, -0.15) is 10.2 Å². The highest BCUT2D eigenvalue weighted by Gasteiger charge is 2.10. The Hall–Kier alpha value is -3.23. The highest BCUT2D eigenvalue weighted by atomic mass is 32.1. The summed E-state index contributed by atoms with van der Waals surface area (Å²) in [6.07, 6.45) is 3.62. The Balaban J connectivity index is 1.90. The third-order valence-corrected chi connectivity index (χ3v) is 4.88. The molecular weight excluding hydrogens is 318 g/mol. The summed E-state index contributed by atoms with van der Waals surface area (Å²) >= 11 is 1.35. The molecule has 4 aromatic rings. The second kappa shape index (κ2) is 5.76. The molecule has 0 saturated heterocycles. The summed E-state index contributed by atoms with van der Waals surface area (Å²) in [7, 11) is 0. The Morgan fingerprint density at radius 3 is 2.71 bits per heavy atom. The van der Waals surface area contributed by atoms with E-state index in [2.05, 4.69) is 16.0 Å². The predicted molar refractivity (Wildman–Crippen MR) is 97.7 cm³/mol. The van der Waals surface area contributed by atoms with Crippen molar-refractivity contribution in [2.45, 2.75) is 0 Å². The van der Waals surface area contributed by atoms with Gasteiger partial charge in [-0.25, -0.2) is 0 Å². The van der Waals surface area contributed by atoms with Crippen LogP contribution in [0, 0.1) is 11.3 Å². The number of aromatic amines is 1. The number of nitrogens with zero attached hydrogens (tertiary/aromatic N) is 2. The van der Waals surface area contributed by atoms with Crippen LogP contribution in [0.4, 0.5) is 0 Å². The molecule has 0 bridgehead atoms. The molecule has 0 amide bonds. The number of nitrogens with one attached hydrogen (secondary N) is 1. The van der Waals surface area contributed by atoms with E-state index in [0.29, 0.717) is 16.0 Å². The van der Waals surface area contributed by atoms with Crippen LogP contribution in [0.1, 0.15) is 10.6 Å². The molecule has 0 radical (unpaired) electrons. The first kappa shape index (κ1) is 14.4. The molecule has 2 aromatic carbocycles. The predicted octanol–water partition coefficient (Wildman–Crippen LogP) is 4.20. The Bertz CT molecular complexity index is 1190. The van der Waals surface area contributed by atoms with E-state index in [-0.39, 0.29) is 5.56 Å². The Morgan fingerprint density at radius 1 is 1.12 bits per heavy atom. The molecule has 5 heteroatoms. The molecule has 0 unspecified atom stereocenters. The third kappa shape index (κ3) is 2.39. The van der Waals surface area contributed by atoms with Gasteiger partial charge in [0.15, 0.2) is 0 Å². The van der Waals surface area contributed by atoms with Gasteiger partial charge in [0, 0.05) is 27.4 Å². The van der Waals surface area contributed by atoms with E-state index >= 15 is 0 Å². The molecule has 0 atom stereocenters. The highest BCUT2D eigenvalue weighted by Crippen LogP contribution is 2.26. The number of para-hydroxylation sites is 1. The van der Waals surface area contributed by atoms with Crippen LogP contribution in [0.15, 0.2) is 59.5 Å². The average molecular weight is 329 g/mol. The molecule has 4 rings (SSSR count). The van der Waals surface area contributed by atoms with E-state index in [1.54, 1.807) is 12.1 Å². The van der Waals surface area contributed by atoms with Crippen LogP contribution in [0.2, 0.25) is 0 Å². The molecule has 1 N–H and O–H groups in total. The van der Waals surface area contributed by atoms with E-state index in [4.69, 9.17) is 0 Å². The minimum absolute atomic E-state index is 0.306. The van der Waals surface area contributed by atoms with Crippen molar-refractivity contribution in [3.63, 3.8) is 0 Å². The topological polar surface area (TPSA) is 69.5 Å². The van der Waals surface area contributed by atoms with Crippen LogP contribution < -0.4 is 5.56 Å². The van der Waals surface area contributed by atoms with Crippen molar-refractivity contribution in [1.29, 1.82) is 5.26 Å². The van der Waals surface area contributed by atoms with Crippen LogP contribution in [0.25, 0.3) is 32.6 Å². The van der Waals surface area contributed by atoms with Gasteiger partial charge in [0.25, 0.3) is 5.56 Å². The van der Waals surface area contributed by atoms with Gasteiger partial charge >= 0.3 is 0 Å². The number of allylic oxidation sites excluding steroid dienone is 1. The molecule has 0 aliphatic rings. The standard InChI is InChI=1S/C19H11N3OS/c20-10-12(9-13-11-21-16-7-3-1-5-14(13)16)19-22-18(23)15-6-2-4-8-17(15)24-19/h1-9,11,21H/b12-9+. The van der Waals surface area contributed by atoms with E-state index in [1.165, 1.54) is 11.3 Å². The molecule has 114 valence electrons. The summed E-state index contributed by atoms with van der Waals surface area (Å²) < 4.78 is 0.826. The summed E-state index contributed by atoms with van der Waals surface area (Å²) in [6, 6.07) is 17.3. The smallest absolute Gasteiger partial charge is 0.279 e. The lowest BCUT2D eigenvalue weighted by molar-refractivity contribution is 1.28. The van der Waals surface area contributed by atoms with Gasteiger partial charge in [-0.3, -0.25) is 4.79 Å². The number of hydrogen-bond donors (Lipinski definition) is 1. The molecule has 0 saturated carbocycles. The first-order chi connectivity index (χ1) is 11.8. The average Bonchev–Trinajstić information content (AvgIpc) is 3.02. The lowest BCUT2D eigenvalue weighted by Gasteiger charge is -2.00. The molecule has 0 aliphatic heterocycles. The van der Waals surface area contributed by atoms with Crippen LogP contribution in [0.5, 0.6) is 0 Å². The fourth-order valence-electron chi connectivity index (χ4n) is 2.64. The van der Waals surface area contributed by atoms with E-state index in [9.17, 15) is 10.1 Å². The fraction of sp³-hybridized carbons (Fsp3) is 0. The van der Waals surface area contributed by atoms with Crippen LogP contribution in [0.3, 0.4) is 0 Å². The van der Waals surface area contributed by atoms with Gasteiger partial charge in [-0.05, 0) is 24.3 Å². The third-order valence-electron chi connectivity index (χ3n) is 3.80. The number of aromatic nitrogens is 2. The van der Waals surface area contributed by atoms with E-state index in [1.807, 2.05) is 48.7 Å². The SMILES string of the molecule is N#C/C(=C\c1c[nH]c2ccccc12)c1nc(=O)c2ccccc2s1. The maximum atomic E-state index is 12.2. The van der Waals surface area contributed by atoms with Crippen molar-refractivity contribution in [3.05, 3.63) is 75.7 Å². The number of rotatable bonds is 2. The van der Waals surface area contributed by atoms with Crippen molar-refractivity contribution < 1.29 is 0 Å². The van der Waals surface area contributed by atoms with Crippen molar-refractivity contribution in [2.24, 2.45) is 0 Å². The Kier molecular flexibility index (Phi) is 3.45. The van der Waals surface area contributed by atoms with Gasteiger partial charge < -0.3 is 4.98 Å². The first-order valence-corrected chi connectivity index (χ1v) is 8.16. The minimum Gasteiger partial charge on any atom is -0.361 e. The maximum Gasteiger partial charge on any atom is 0.279 e. The molecule has 2 aromatic heterocycles. The number of hydrogen-bond acceptors (Lipinski definition) is 4. The normalized spacial score (nSPS) is 11.7. The van der Waals surface area contributed by atoms with Gasteiger partial charge in [-0.1, -0.05) is 30.3 Å². The van der Waals surface area contributed by atoms with Crippen LogP contribution in [-0.2, 0) is 0 Å². The lowest BCUT2D eigenvalue weighted by atomic mass is 10.1. The Morgan fingerprint density at radius 2 is 1.88 bits per heavy atom. The fourth-order valence-corrected chi connectivity index (χ4v) is 3.60. The zero-order valence-electron chi connectivity index (χ0n) is 12.5. The van der Waals surface area contributed by atoms with E-state index in [0.717, 1.165) is 21.2 Å². The summed E-state index contributed by atoms with van der Waals surface area (Å²) in [6.45, 7) is 0. The maximum absolute atomic E-state index is 12.2. The molecule has 0 aliphatic carbocycles. The molecule has 0 fully saturated rings. The lowest BCUT2D eigenvalue weighted by Crippen LogP contribution is -2.07. The van der Waals surface area contributed by atoms with Crippen LogP contribution in [-0.4, -0.2) is 9.97 Å². The molecule has 0 spiro atoms. The number of benzene rings is 2. The minimum atomic E-state index is -0.306. The zero-order valence-corrected chi connectivity index (χ0v) is 13.3. The summed E-state index contributed by atoms with van der Waals surface area (Å²) in [4.78, 5) is 19.5. The van der Waals surface area contributed by atoms with Crippen molar-refractivity contribution in [3.8, 4) is 6.07 Å². The van der Waals surface area contributed by atoms with Crippen molar-refractivity contribution >= 4 is 44.0 Å². The summed E-state index contributed by atoms with van der Waals surface area (Å²) in [5, 5.41) is 11.6. The quantitative estimate of drug-likeness (QED) is 0.560. The zero-order chi connectivity index (χ0) is 16.5. The number of nitriles is 1. The first-order valence-electron chi connectivity index (χ1n) is 7.34. The van der Waals surface area contributed by atoms with Gasteiger partial charge in [0.05, 0.1) is 11.0 Å². The molecule has 2 heterocycles. The molecule has 24 heavy (non-hydrogen) atoms. The van der Waals surface area contributed by atoms with Crippen LogP contribution >= 0.6 is 11.3 Å². The Labute approximate surface area is 141 Å². The van der Waals surface area contributed by atoms with Gasteiger partial charge in [-0.15, -0.1) is 11.3 Å². The molecule has 4 nitrogen and oxygen atoms in total. The number of fused-ring (bicyclic) bond motifs is 2. The van der Waals surface area contributed by atoms with Gasteiger partial charge in [0.2, 0.25) is 0 Å². The van der Waals surface area contributed by atoms with E-state index < -0.39 is 0 Å². The monoisotopic (exact) mass is 329 g/mol. The van der Waals surface area contributed by atoms with Crippen molar-refractivity contribution in [1.82, 2.24) is 9.97 Å². The number of H-pyrrole nitrogens is 1.